The van der Waals surface area contributed by atoms with Crippen LogP contribution in [0.3, 0.4) is 0 Å². The maximum atomic E-state index is 12.1. The highest BCUT2D eigenvalue weighted by atomic mass is 79.9. The summed E-state index contributed by atoms with van der Waals surface area (Å²) >= 11 is 3.40. The molecule has 2 rings (SSSR count). The zero-order valence-electron chi connectivity index (χ0n) is 13.2. The number of esters is 1. The molecule has 0 aliphatic heterocycles. The quantitative estimate of drug-likeness (QED) is 0.316. The van der Waals surface area contributed by atoms with Gasteiger partial charge in [0, 0.05) is 10.0 Å². The van der Waals surface area contributed by atoms with E-state index in [-0.39, 0.29) is 12.2 Å². The fraction of sp³-hybridized carbons (Fsp3) is 0.100. The Balaban J connectivity index is 2.49. The molecular formula is C20H16BrNO2. The first-order chi connectivity index (χ1) is 11.7. The van der Waals surface area contributed by atoms with Crippen molar-refractivity contribution in [1.82, 2.24) is 0 Å². The molecule has 2 aromatic rings. The first kappa shape index (κ1) is 17.7. The lowest BCUT2D eigenvalue weighted by atomic mass is 9.99. The maximum Gasteiger partial charge on any atom is 0.349 e. The summed E-state index contributed by atoms with van der Waals surface area (Å²) in [6, 6.07) is 19.1. The first-order valence-electron chi connectivity index (χ1n) is 7.46. The van der Waals surface area contributed by atoms with Crippen molar-refractivity contribution in [3.63, 3.8) is 0 Å². The number of ether oxygens (including phenoxy) is 1. The summed E-state index contributed by atoms with van der Waals surface area (Å²) in [5, 5.41) is 9.44. The molecule has 0 bridgehead atoms. The van der Waals surface area contributed by atoms with Gasteiger partial charge in [-0.1, -0.05) is 70.5 Å². The normalized spacial score (nSPS) is 11.7. The van der Waals surface area contributed by atoms with Crippen LogP contribution in [0.1, 0.15) is 18.1 Å². The molecule has 2 aromatic carbocycles. The Morgan fingerprint density at radius 1 is 1.17 bits per heavy atom. The van der Waals surface area contributed by atoms with Gasteiger partial charge in [-0.05, 0) is 30.2 Å². The minimum absolute atomic E-state index is 0.00332. The van der Waals surface area contributed by atoms with Crippen LogP contribution in [-0.2, 0) is 9.53 Å². The molecule has 0 N–H and O–H groups in total. The molecule has 4 heteroatoms. The van der Waals surface area contributed by atoms with E-state index in [0.717, 1.165) is 15.6 Å². The van der Waals surface area contributed by atoms with Crippen LogP contribution in [0.2, 0.25) is 0 Å². The molecule has 24 heavy (non-hydrogen) atoms. The van der Waals surface area contributed by atoms with Crippen molar-refractivity contribution in [2.75, 3.05) is 6.61 Å². The summed E-state index contributed by atoms with van der Waals surface area (Å²) in [5.74, 6) is -0.612. The van der Waals surface area contributed by atoms with Gasteiger partial charge in [0.2, 0.25) is 0 Å². The lowest BCUT2D eigenvalue weighted by molar-refractivity contribution is -0.137. The second-order valence-corrected chi connectivity index (χ2v) is 5.79. The summed E-state index contributed by atoms with van der Waals surface area (Å²) in [7, 11) is 0. The second kappa shape index (κ2) is 8.85. The lowest BCUT2D eigenvalue weighted by Gasteiger charge is -2.07. The van der Waals surface area contributed by atoms with E-state index in [4.69, 9.17) is 4.74 Å². The molecule has 0 unspecified atom stereocenters. The Morgan fingerprint density at radius 2 is 1.83 bits per heavy atom. The van der Waals surface area contributed by atoms with E-state index in [2.05, 4.69) is 15.9 Å². The molecule has 0 saturated heterocycles. The van der Waals surface area contributed by atoms with E-state index in [1.165, 1.54) is 0 Å². The number of benzene rings is 2. The SMILES string of the molecule is CCOC(=O)C(C#N)=C(C=Cc1ccc(Br)cc1)c1ccccc1. The summed E-state index contributed by atoms with van der Waals surface area (Å²) < 4.78 is 5.99. The summed E-state index contributed by atoms with van der Waals surface area (Å²) in [5.41, 5.74) is 2.29. The molecule has 0 aromatic heterocycles. The van der Waals surface area contributed by atoms with Crippen molar-refractivity contribution in [2.45, 2.75) is 6.92 Å². The minimum Gasteiger partial charge on any atom is -0.462 e. The molecule has 0 fully saturated rings. The molecule has 0 aliphatic rings. The van der Waals surface area contributed by atoms with E-state index in [9.17, 15) is 10.1 Å². The number of carbonyl (C=O) groups excluding carboxylic acids is 1. The van der Waals surface area contributed by atoms with Gasteiger partial charge in [-0.25, -0.2) is 4.79 Å². The summed E-state index contributed by atoms with van der Waals surface area (Å²) in [6.45, 7) is 1.94. The molecule has 0 atom stereocenters. The standard InChI is InChI=1S/C20H16BrNO2/c1-2-24-20(23)19(14-22)18(16-6-4-3-5-7-16)13-10-15-8-11-17(21)12-9-15/h3-13H,2H2,1H3. The third kappa shape index (κ3) is 4.68. The predicted octanol–water partition coefficient (Wildman–Crippen LogP) is 5.00. The van der Waals surface area contributed by atoms with Crippen LogP contribution in [-0.4, -0.2) is 12.6 Å². The Kier molecular flexibility index (Phi) is 6.53. The van der Waals surface area contributed by atoms with Crippen molar-refractivity contribution in [3.8, 4) is 6.07 Å². The Morgan fingerprint density at radius 3 is 2.42 bits per heavy atom. The van der Waals surface area contributed by atoms with Gasteiger partial charge in [0.05, 0.1) is 6.61 Å². The van der Waals surface area contributed by atoms with E-state index in [0.29, 0.717) is 5.57 Å². The largest absolute Gasteiger partial charge is 0.462 e. The molecule has 0 saturated carbocycles. The third-order valence-corrected chi connectivity index (χ3v) is 3.79. The molecule has 0 spiro atoms. The van der Waals surface area contributed by atoms with Crippen LogP contribution in [0.5, 0.6) is 0 Å². The second-order valence-electron chi connectivity index (χ2n) is 4.87. The van der Waals surface area contributed by atoms with Crippen molar-refractivity contribution in [3.05, 3.63) is 81.8 Å². The molecule has 120 valence electrons. The van der Waals surface area contributed by atoms with Gasteiger partial charge in [-0.15, -0.1) is 0 Å². The number of allylic oxidation sites excluding steroid dienone is 2. The van der Waals surface area contributed by atoms with Crippen molar-refractivity contribution < 1.29 is 9.53 Å². The number of nitrogens with zero attached hydrogens (tertiary/aromatic N) is 1. The molecule has 3 nitrogen and oxygen atoms in total. The lowest BCUT2D eigenvalue weighted by Crippen LogP contribution is -2.08. The van der Waals surface area contributed by atoms with Crippen molar-refractivity contribution >= 4 is 33.5 Å². The summed E-state index contributed by atoms with van der Waals surface area (Å²) in [6.07, 6.45) is 3.64. The van der Waals surface area contributed by atoms with Crippen LogP contribution in [0.25, 0.3) is 11.6 Å². The van der Waals surface area contributed by atoms with Gasteiger partial charge < -0.3 is 4.74 Å². The van der Waals surface area contributed by atoms with Gasteiger partial charge in [0.1, 0.15) is 11.6 Å². The Hall–Kier alpha value is -2.64. The van der Waals surface area contributed by atoms with E-state index < -0.39 is 5.97 Å². The average molecular weight is 382 g/mol. The van der Waals surface area contributed by atoms with Crippen molar-refractivity contribution in [2.24, 2.45) is 0 Å². The van der Waals surface area contributed by atoms with E-state index >= 15 is 0 Å². The highest BCUT2D eigenvalue weighted by molar-refractivity contribution is 9.10. The average Bonchev–Trinajstić information content (AvgIpc) is 2.61. The fourth-order valence-corrected chi connectivity index (χ4v) is 2.38. The van der Waals surface area contributed by atoms with Crippen LogP contribution in [0.4, 0.5) is 0 Å². The van der Waals surface area contributed by atoms with Gasteiger partial charge in [-0.3, -0.25) is 0 Å². The number of carbonyl (C=O) groups is 1. The zero-order valence-corrected chi connectivity index (χ0v) is 14.8. The predicted molar refractivity (Wildman–Crippen MR) is 98.8 cm³/mol. The zero-order chi connectivity index (χ0) is 17.4. The third-order valence-electron chi connectivity index (χ3n) is 3.26. The van der Waals surface area contributed by atoms with Crippen molar-refractivity contribution in [1.29, 1.82) is 5.26 Å². The van der Waals surface area contributed by atoms with Crippen LogP contribution in [0, 0.1) is 11.3 Å². The van der Waals surface area contributed by atoms with Gasteiger partial charge in [-0.2, -0.15) is 5.26 Å². The maximum absolute atomic E-state index is 12.1. The van der Waals surface area contributed by atoms with Gasteiger partial charge >= 0.3 is 5.97 Å². The molecule has 0 radical (unpaired) electrons. The topological polar surface area (TPSA) is 50.1 Å². The van der Waals surface area contributed by atoms with Crippen LogP contribution < -0.4 is 0 Å². The summed E-state index contributed by atoms with van der Waals surface area (Å²) in [4.78, 5) is 12.1. The van der Waals surface area contributed by atoms with Gasteiger partial charge in [0.15, 0.2) is 0 Å². The number of nitriles is 1. The smallest absolute Gasteiger partial charge is 0.349 e. The Bertz CT molecular complexity index is 800. The number of hydrogen-bond donors (Lipinski definition) is 0. The highest BCUT2D eigenvalue weighted by Crippen LogP contribution is 2.23. The number of rotatable bonds is 5. The minimum atomic E-state index is -0.612. The van der Waals surface area contributed by atoms with E-state index in [1.54, 1.807) is 13.0 Å². The molecule has 0 heterocycles. The highest BCUT2D eigenvalue weighted by Gasteiger charge is 2.16. The number of hydrogen-bond acceptors (Lipinski definition) is 3. The van der Waals surface area contributed by atoms with Gasteiger partial charge in [0.25, 0.3) is 0 Å². The van der Waals surface area contributed by atoms with Crippen LogP contribution in [0.15, 0.2) is 70.7 Å². The van der Waals surface area contributed by atoms with E-state index in [1.807, 2.05) is 66.7 Å². The Labute approximate surface area is 150 Å². The molecule has 0 aliphatic carbocycles. The number of halogens is 1. The molecular weight excluding hydrogens is 366 g/mol. The first-order valence-corrected chi connectivity index (χ1v) is 8.25. The monoisotopic (exact) mass is 381 g/mol. The fourth-order valence-electron chi connectivity index (χ4n) is 2.11. The van der Waals surface area contributed by atoms with Crippen LogP contribution >= 0.6 is 15.9 Å². The molecule has 0 amide bonds.